The van der Waals surface area contributed by atoms with E-state index < -0.39 is 0 Å². The summed E-state index contributed by atoms with van der Waals surface area (Å²) >= 11 is 1.39. The minimum atomic E-state index is -0.0401. The van der Waals surface area contributed by atoms with Crippen molar-refractivity contribution in [3.8, 4) is 6.07 Å². The number of fused-ring (bicyclic) bond motifs is 1. The minimum Gasteiger partial charge on any atom is -0.340 e. The Labute approximate surface area is 174 Å². The van der Waals surface area contributed by atoms with Crippen LogP contribution in [0, 0.1) is 18.3 Å². The predicted molar refractivity (Wildman–Crippen MR) is 119 cm³/mol. The van der Waals surface area contributed by atoms with E-state index >= 15 is 0 Å². The van der Waals surface area contributed by atoms with E-state index in [1.807, 2.05) is 42.5 Å². The van der Waals surface area contributed by atoms with Crippen LogP contribution in [0.3, 0.4) is 0 Å². The number of likely N-dealkylation sites (N-methyl/N-ethyl adjacent to an activating group) is 1. The van der Waals surface area contributed by atoms with Crippen molar-refractivity contribution in [2.75, 3.05) is 14.1 Å². The third-order valence-corrected chi connectivity index (χ3v) is 6.37. The Kier molecular flexibility index (Phi) is 4.99. The average Bonchev–Trinajstić information content (AvgIpc) is 3.17. The van der Waals surface area contributed by atoms with Gasteiger partial charge in [0.15, 0.2) is 5.17 Å². The van der Waals surface area contributed by atoms with Gasteiger partial charge in [-0.1, -0.05) is 36.4 Å². The molecule has 2 heterocycles. The Morgan fingerprint density at radius 1 is 1.17 bits per heavy atom. The first kappa shape index (κ1) is 19.0. The number of carbonyl (C=O) groups is 1. The molecule has 29 heavy (non-hydrogen) atoms. The normalized spacial score (nSPS) is 16.9. The smallest absolute Gasteiger partial charge is 0.266 e. The maximum Gasteiger partial charge on any atom is 0.266 e. The molecule has 0 N–H and O–H groups in total. The Bertz CT molecular complexity index is 1230. The van der Waals surface area contributed by atoms with E-state index in [4.69, 9.17) is 0 Å². The van der Waals surface area contributed by atoms with Crippen molar-refractivity contribution in [1.29, 1.82) is 5.26 Å². The molecule has 0 bridgehead atoms. The van der Waals surface area contributed by atoms with Crippen LogP contribution < -0.4 is 0 Å². The number of para-hydroxylation sites is 1. The molecular weight excluding hydrogens is 380 g/mol. The molecule has 0 saturated carbocycles. The van der Waals surface area contributed by atoms with E-state index in [0.717, 1.165) is 27.7 Å². The first-order valence-electron chi connectivity index (χ1n) is 9.25. The zero-order valence-corrected chi connectivity index (χ0v) is 17.3. The van der Waals surface area contributed by atoms with Gasteiger partial charge in [-0.25, -0.2) is 0 Å². The van der Waals surface area contributed by atoms with E-state index in [-0.39, 0.29) is 5.91 Å². The molecule has 1 aromatic heterocycles. The Morgan fingerprint density at radius 3 is 2.62 bits per heavy atom. The molecule has 1 saturated heterocycles. The molecule has 1 amide bonds. The first-order chi connectivity index (χ1) is 14.0. The Hall–Kier alpha value is -3.30. The SMILES string of the molecule is CN=C1S/C(=C/c2c(C)n(Cc3ccccc3C#N)c3ccccc23)C(=O)N1C. The lowest BCUT2D eigenvalue weighted by atomic mass is 10.1. The lowest BCUT2D eigenvalue weighted by molar-refractivity contribution is -0.121. The molecular formula is C23H20N4OS. The van der Waals surface area contributed by atoms with Gasteiger partial charge in [0.1, 0.15) is 0 Å². The highest BCUT2D eigenvalue weighted by atomic mass is 32.2. The van der Waals surface area contributed by atoms with Gasteiger partial charge in [0, 0.05) is 42.8 Å². The van der Waals surface area contributed by atoms with Crippen LogP contribution in [-0.4, -0.2) is 34.6 Å². The molecule has 0 radical (unpaired) electrons. The lowest BCUT2D eigenvalue weighted by Crippen LogP contribution is -2.23. The van der Waals surface area contributed by atoms with Crippen molar-refractivity contribution in [2.45, 2.75) is 13.5 Å². The second-order valence-electron chi connectivity index (χ2n) is 6.85. The van der Waals surface area contributed by atoms with Crippen molar-refractivity contribution >= 4 is 39.8 Å². The van der Waals surface area contributed by atoms with Gasteiger partial charge in [0.2, 0.25) is 0 Å². The molecule has 0 unspecified atom stereocenters. The minimum absolute atomic E-state index is 0.0401. The van der Waals surface area contributed by atoms with Gasteiger partial charge < -0.3 is 4.57 Å². The second-order valence-corrected chi connectivity index (χ2v) is 7.86. The van der Waals surface area contributed by atoms with Crippen molar-refractivity contribution in [3.63, 3.8) is 0 Å². The standard InChI is InChI=1S/C23H20N4OS/c1-15-19(12-21-22(28)26(3)23(25-2)29-21)18-10-6-7-11-20(18)27(15)14-17-9-5-4-8-16(17)13-24/h4-12H,14H2,1-3H3/b21-12+,25-23?. The fourth-order valence-electron chi connectivity index (χ4n) is 3.66. The monoisotopic (exact) mass is 400 g/mol. The quantitative estimate of drug-likeness (QED) is 0.612. The lowest BCUT2D eigenvalue weighted by Gasteiger charge is -2.10. The number of aliphatic imine (C=N–C) groups is 1. The second kappa shape index (κ2) is 7.61. The summed E-state index contributed by atoms with van der Waals surface area (Å²) < 4.78 is 2.21. The molecule has 0 spiro atoms. The van der Waals surface area contributed by atoms with Crippen LogP contribution in [0.4, 0.5) is 0 Å². The molecule has 144 valence electrons. The fourth-order valence-corrected chi connectivity index (χ4v) is 4.57. The summed E-state index contributed by atoms with van der Waals surface area (Å²) in [5.74, 6) is -0.0401. The summed E-state index contributed by atoms with van der Waals surface area (Å²) in [6.45, 7) is 2.66. The van der Waals surface area contributed by atoms with Crippen LogP contribution in [0.15, 0.2) is 58.4 Å². The Balaban J connectivity index is 1.86. The maximum absolute atomic E-state index is 12.6. The number of amidine groups is 1. The van der Waals surface area contributed by atoms with Crippen molar-refractivity contribution < 1.29 is 4.79 Å². The van der Waals surface area contributed by atoms with Crippen molar-refractivity contribution in [3.05, 3.63) is 75.8 Å². The van der Waals surface area contributed by atoms with Gasteiger partial charge in [-0.2, -0.15) is 5.26 Å². The maximum atomic E-state index is 12.6. The van der Waals surface area contributed by atoms with Crippen molar-refractivity contribution in [2.24, 2.45) is 4.99 Å². The third-order valence-electron chi connectivity index (χ3n) is 5.22. The molecule has 0 atom stereocenters. The number of hydrogen-bond donors (Lipinski definition) is 0. The number of nitriles is 1. The number of nitrogens with zero attached hydrogens (tertiary/aromatic N) is 4. The summed E-state index contributed by atoms with van der Waals surface area (Å²) in [4.78, 5) is 19.0. The van der Waals surface area contributed by atoms with Crippen molar-refractivity contribution in [1.82, 2.24) is 9.47 Å². The van der Waals surface area contributed by atoms with Gasteiger partial charge in [-0.05, 0) is 42.5 Å². The average molecular weight is 401 g/mol. The van der Waals surface area contributed by atoms with Gasteiger partial charge in [0.05, 0.1) is 16.5 Å². The van der Waals surface area contributed by atoms with Crippen LogP contribution in [0.2, 0.25) is 0 Å². The Morgan fingerprint density at radius 2 is 1.90 bits per heavy atom. The molecule has 0 aliphatic carbocycles. The van der Waals surface area contributed by atoms with Crippen LogP contribution >= 0.6 is 11.8 Å². The highest BCUT2D eigenvalue weighted by molar-refractivity contribution is 8.18. The van der Waals surface area contributed by atoms with Gasteiger partial charge in [0.25, 0.3) is 5.91 Å². The molecule has 3 aromatic rings. The number of aromatic nitrogens is 1. The number of rotatable bonds is 3. The highest BCUT2D eigenvalue weighted by Crippen LogP contribution is 2.35. The van der Waals surface area contributed by atoms with Crippen LogP contribution in [0.25, 0.3) is 17.0 Å². The summed E-state index contributed by atoms with van der Waals surface area (Å²) in [7, 11) is 3.44. The molecule has 5 nitrogen and oxygen atoms in total. The van der Waals surface area contributed by atoms with Crippen LogP contribution in [0.1, 0.15) is 22.4 Å². The highest BCUT2D eigenvalue weighted by Gasteiger charge is 2.30. The molecule has 1 aliphatic rings. The topological polar surface area (TPSA) is 61.4 Å². The summed E-state index contributed by atoms with van der Waals surface area (Å²) in [5, 5.41) is 11.2. The summed E-state index contributed by atoms with van der Waals surface area (Å²) in [6.07, 6.45) is 1.96. The van der Waals surface area contributed by atoms with Crippen LogP contribution in [-0.2, 0) is 11.3 Å². The summed E-state index contributed by atoms with van der Waals surface area (Å²) in [6, 6.07) is 18.1. The van der Waals surface area contributed by atoms with E-state index in [1.54, 1.807) is 19.0 Å². The van der Waals surface area contributed by atoms with E-state index in [9.17, 15) is 10.1 Å². The number of carbonyl (C=O) groups excluding carboxylic acids is 1. The number of amides is 1. The molecule has 4 rings (SSSR count). The number of benzene rings is 2. The van der Waals surface area contributed by atoms with E-state index in [2.05, 4.69) is 34.7 Å². The van der Waals surface area contributed by atoms with Gasteiger partial charge in [-0.3, -0.25) is 14.7 Å². The molecule has 2 aromatic carbocycles. The third kappa shape index (κ3) is 3.24. The zero-order chi connectivity index (χ0) is 20.5. The van der Waals surface area contributed by atoms with Gasteiger partial charge >= 0.3 is 0 Å². The van der Waals surface area contributed by atoms with E-state index in [1.165, 1.54) is 11.8 Å². The first-order valence-corrected chi connectivity index (χ1v) is 10.1. The zero-order valence-electron chi connectivity index (χ0n) is 16.5. The molecule has 1 fully saturated rings. The van der Waals surface area contributed by atoms with E-state index in [0.29, 0.717) is 22.2 Å². The molecule has 6 heteroatoms. The van der Waals surface area contributed by atoms with Crippen LogP contribution in [0.5, 0.6) is 0 Å². The predicted octanol–water partition coefficient (Wildman–Crippen LogP) is 4.40. The fraction of sp³-hybridized carbons (Fsp3) is 0.174. The number of thioether (sulfide) groups is 1. The summed E-state index contributed by atoms with van der Waals surface area (Å²) in [5.41, 5.74) is 4.82. The van der Waals surface area contributed by atoms with Gasteiger partial charge in [-0.15, -0.1) is 0 Å². The largest absolute Gasteiger partial charge is 0.340 e. The molecule has 1 aliphatic heterocycles. The number of hydrogen-bond acceptors (Lipinski definition) is 4.